The third kappa shape index (κ3) is 4.38. The van der Waals surface area contributed by atoms with Crippen LogP contribution in [-0.2, 0) is 20.9 Å². The molecule has 2 aromatic carbocycles. The van der Waals surface area contributed by atoms with Crippen molar-refractivity contribution in [3.8, 4) is 11.5 Å². The van der Waals surface area contributed by atoms with E-state index in [1.165, 1.54) is 17.0 Å². The predicted molar refractivity (Wildman–Crippen MR) is 130 cm³/mol. The molecule has 37 heavy (non-hydrogen) atoms. The minimum absolute atomic E-state index is 0.0137. The first-order valence-electron chi connectivity index (χ1n) is 12.3. The zero-order valence-corrected chi connectivity index (χ0v) is 20.6. The van der Waals surface area contributed by atoms with Crippen LogP contribution in [0.3, 0.4) is 0 Å². The topological polar surface area (TPSA) is 97.4 Å². The van der Waals surface area contributed by atoms with Crippen LogP contribution in [0.5, 0.6) is 11.5 Å². The van der Waals surface area contributed by atoms with Crippen molar-refractivity contribution in [3.63, 3.8) is 0 Å². The highest BCUT2D eigenvalue weighted by Crippen LogP contribution is 2.43. The van der Waals surface area contributed by atoms with E-state index in [0.717, 1.165) is 36.6 Å². The molecule has 0 spiro atoms. The molecule has 1 aliphatic carbocycles. The Morgan fingerprint density at radius 2 is 1.89 bits per heavy atom. The lowest BCUT2D eigenvalue weighted by atomic mass is 9.81. The second-order valence-corrected chi connectivity index (χ2v) is 10.2. The predicted octanol–water partition coefficient (Wildman–Crippen LogP) is 3.94. The summed E-state index contributed by atoms with van der Waals surface area (Å²) < 4.78 is 31.2. The van der Waals surface area contributed by atoms with Crippen molar-refractivity contribution in [2.75, 3.05) is 18.7 Å². The Bertz CT molecular complexity index is 1270. The Kier molecular flexibility index (Phi) is 6.16. The van der Waals surface area contributed by atoms with Gasteiger partial charge in [0.15, 0.2) is 17.6 Å². The van der Waals surface area contributed by atoms with Crippen LogP contribution in [0.25, 0.3) is 0 Å². The highest BCUT2D eigenvalue weighted by atomic mass is 35.5. The number of urea groups is 1. The monoisotopic (exact) mass is 529 g/mol. The first-order chi connectivity index (χ1) is 17.9. The average molecular weight is 530 g/mol. The van der Waals surface area contributed by atoms with E-state index in [4.69, 9.17) is 25.8 Å². The lowest BCUT2D eigenvalue weighted by Crippen LogP contribution is -2.65. The van der Waals surface area contributed by atoms with Crippen LogP contribution in [-0.4, -0.2) is 59.2 Å². The van der Waals surface area contributed by atoms with E-state index in [9.17, 15) is 18.8 Å². The second kappa shape index (κ2) is 9.50. The number of hydrogen-bond donors (Lipinski definition) is 1. The average Bonchev–Trinajstić information content (AvgIpc) is 3.51. The van der Waals surface area contributed by atoms with Gasteiger partial charge in [-0.3, -0.25) is 14.5 Å². The SMILES string of the molecule is O=C(CN1C(=O)N(Cc2ccc3c(c2)OCO3)C(=O)C2OC3CCCCC3C21)Nc1ccc(Cl)cc1F. The molecule has 4 aliphatic rings. The Balaban J connectivity index is 1.27. The quantitative estimate of drug-likeness (QED) is 0.630. The normalized spacial score (nSPS) is 26.2. The molecular formula is C26H25ClFN3O6. The lowest BCUT2D eigenvalue weighted by molar-refractivity contribution is -0.147. The molecule has 194 valence electrons. The van der Waals surface area contributed by atoms with Crippen LogP contribution in [0.4, 0.5) is 14.9 Å². The summed E-state index contributed by atoms with van der Waals surface area (Å²) in [5, 5.41) is 2.72. The van der Waals surface area contributed by atoms with Crippen molar-refractivity contribution in [1.82, 2.24) is 9.80 Å². The van der Waals surface area contributed by atoms with Crippen molar-refractivity contribution < 1.29 is 33.0 Å². The molecule has 4 atom stereocenters. The van der Waals surface area contributed by atoms with Gasteiger partial charge in [0.25, 0.3) is 5.91 Å². The molecule has 9 nitrogen and oxygen atoms in total. The molecule has 1 saturated carbocycles. The molecule has 4 amide bonds. The minimum atomic E-state index is -0.861. The van der Waals surface area contributed by atoms with Gasteiger partial charge in [-0.2, -0.15) is 0 Å². The van der Waals surface area contributed by atoms with Crippen molar-refractivity contribution in [2.24, 2.45) is 5.92 Å². The van der Waals surface area contributed by atoms with Crippen LogP contribution in [0.15, 0.2) is 36.4 Å². The Morgan fingerprint density at radius 1 is 1.08 bits per heavy atom. The van der Waals surface area contributed by atoms with Crippen molar-refractivity contribution in [3.05, 3.63) is 52.8 Å². The molecule has 2 saturated heterocycles. The molecule has 6 rings (SSSR count). The molecule has 0 aromatic heterocycles. The molecule has 0 bridgehead atoms. The highest BCUT2D eigenvalue weighted by molar-refractivity contribution is 6.30. The zero-order chi connectivity index (χ0) is 25.7. The van der Waals surface area contributed by atoms with Crippen LogP contribution < -0.4 is 14.8 Å². The van der Waals surface area contributed by atoms with E-state index in [2.05, 4.69) is 5.32 Å². The maximum Gasteiger partial charge on any atom is 0.327 e. The van der Waals surface area contributed by atoms with Gasteiger partial charge in [0.05, 0.1) is 24.4 Å². The van der Waals surface area contributed by atoms with E-state index < -0.39 is 35.8 Å². The van der Waals surface area contributed by atoms with Gasteiger partial charge in [-0.1, -0.05) is 30.5 Å². The number of nitrogens with one attached hydrogen (secondary N) is 1. The summed E-state index contributed by atoms with van der Waals surface area (Å²) in [5.41, 5.74) is 0.634. The van der Waals surface area contributed by atoms with Gasteiger partial charge in [-0.25, -0.2) is 9.18 Å². The Labute approximate surface area is 217 Å². The number of hydrogen-bond acceptors (Lipinski definition) is 6. The third-order valence-corrected chi connectivity index (χ3v) is 7.70. The van der Waals surface area contributed by atoms with E-state index in [0.29, 0.717) is 17.1 Å². The molecule has 0 radical (unpaired) electrons. The molecule has 2 aromatic rings. The van der Waals surface area contributed by atoms with E-state index in [1.54, 1.807) is 18.2 Å². The van der Waals surface area contributed by atoms with E-state index in [-0.39, 0.29) is 42.6 Å². The van der Waals surface area contributed by atoms with Gasteiger partial charge < -0.3 is 24.4 Å². The second-order valence-electron chi connectivity index (χ2n) is 9.73. The molecule has 3 fully saturated rings. The molecule has 1 N–H and O–H groups in total. The number of benzene rings is 2. The van der Waals surface area contributed by atoms with Gasteiger partial charge >= 0.3 is 6.03 Å². The van der Waals surface area contributed by atoms with Crippen molar-refractivity contribution in [1.29, 1.82) is 0 Å². The van der Waals surface area contributed by atoms with Crippen LogP contribution >= 0.6 is 11.6 Å². The number of carbonyl (C=O) groups excluding carboxylic acids is 3. The summed E-state index contributed by atoms with van der Waals surface area (Å²) in [6, 6.07) is 8.01. The number of halogens is 2. The van der Waals surface area contributed by atoms with Crippen molar-refractivity contribution in [2.45, 2.75) is 50.5 Å². The number of nitrogens with zero attached hydrogens (tertiary/aromatic N) is 2. The zero-order valence-electron chi connectivity index (χ0n) is 19.8. The number of amides is 4. The molecule has 3 heterocycles. The number of carbonyl (C=O) groups is 3. The van der Waals surface area contributed by atoms with Crippen molar-refractivity contribution >= 4 is 35.1 Å². The first kappa shape index (κ1) is 24.0. The van der Waals surface area contributed by atoms with Gasteiger partial charge in [-0.05, 0) is 48.7 Å². The molecule has 4 unspecified atom stereocenters. The summed E-state index contributed by atoms with van der Waals surface area (Å²) in [4.78, 5) is 42.8. The van der Waals surface area contributed by atoms with Crippen LogP contribution in [0, 0.1) is 11.7 Å². The van der Waals surface area contributed by atoms with Gasteiger partial charge in [0.1, 0.15) is 12.4 Å². The molecule has 3 aliphatic heterocycles. The summed E-state index contributed by atoms with van der Waals surface area (Å²) in [5.74, 6) is -0.584. The standard InChI is InChI=1S/C26H25ClFN3O6/c27-15-6-7-18(17(28)10-15)29-22(32)12-30-23-16-3-1-2-4-19(16)37-24(23)25(33)31(26(30)34)11-14-5-8-20-21(9-14)36-13-35-20/h5-10,16,19,23-24H,1-4,11-13H2,(H,29,32). The fraction of sp³-hybridized carbons (Fsp3) is 0.423. The van der Waals surface area contributed by atoms with Gasteiger partial charge in [-0.15, -0.1) is 0 Å². The molecule has 11 heteroatoms. The summed E-state index contributed by atoms with van der Waals surface area (Å²) >= 11 is 5.81. The number of ether oxygens (including phenoxy) is 3. The summed E-state index contributed by atoms with van der Waals surface area (Å²) in [6.07, 6.45) is 2.55. The maximum atomic E-state index is 14.3. The fourth-order valence-electron chi connectivity index (χ4n) is 5.78. The molecular weight excluding hydrogens is 505 g/mol. The number of anilines is 1. The highest BCUT2D eigenvalue weighted by Gasteiger charge is 2.57. The number of rotatable bonds is 5. The minimum Gasteiger partial charge on any atom is -0.454 e. The summed E-state index contributed by atoms with van der Waals surface area (Å²) in [6.45, 7) is -0.252. The lowest BCUT2D eigenvalue weighted by Gasteiger charge is -2.43. The first-order valence-corrected chi connectivity index (χ1v) is 12.7. The Hall–Kier alpha value is -3.37. The third-order valence-electron chi connectivity index (χ3n) is 7.47. The number of fused-ring (bicyclic) bond motifs is 4. The van der Waals surface area contributed by atoms with E-state index >= 15 is 0 Å². The maximum absolute atomic E-state index is 14.3. The number of imide groups is 1. The Morgan fingerprint density at radius 3 is 2.73 bits per heavy atom. The van der Waals surface area contributed by atoms with Gasteiger partial charge in [0, 0.05) is 10.9 Å². The van der Waals surface area contributed by atoms with Gasteiger partial charge in [0.2, 0.25) is 12.7 Å². The van der Waals surface area contributed by atoms with E-state index in [1.807, 2.05) is 0 Å². The van der Waals surface area contributed by atoms with Crippen LogP contribution in [0.2, 0.25) is 5.02 Å². The smallest absolute Gasteiger partial charge is 0.327 e. The van der Waals surface area contributed by atoms with Crippen LogP contribution in [0.1, 0.15) is 31.2 Å². The fourth-order valence-corrected chi connectivity index (χ4v) is 5.94. The summed E-state index contributed by atoms with van der Waals surface area (Å²) in [7, 11) is 0. The largest absolute Gasteiger partial charge is 0.454 e.